The summed E-state index contributed by atoms with van der Waals surface area (Å²) in [6.45, 7) is 5.18. The lowest BCUT2D eigenvalue weighted by Crippen LogP contribution is -2.26. The van der Waals surface area contributed by atoms with E-state index in [0.29, 0.717) is 11.3 Å². The Bertz CT molecular complexity index is 326. The summed E-state index contributed by atoms with van der Waals surface area (Å²) >= 11 is 0. The molecule has 1 rings (SSSR count). The van der Waals surface area contributed by atoms with E-state index in [1.807, 2.05) is 13.8 Å². The summed E-state index contributed by atoms with van der Waals surface area (Å²) in [5.74, 6) is 0.569. The summed E-state index contributed by atoms with van der Waals surface area (Å²) in [5.41, 5.74) is 4.24. The van der Waals surface area contributed by atoms with Crippen LogP contribution in [0.5, 0.6) is 5.75 Å². The molecule has 1 aromatic heterocycles. The minimum Gasteiger partial charge on any atom is -0.489 e. The first-order chi connectivity index (χ1) is 6.95. The van der Waals surface area contributed by atoms with Gasteiger partial charge in [0.15, 0.2) is 0 Å². The Balaban J connectivity index is 2.92. The van der Waals surface area contributed by atoms with Crippen molar-refractivity contribution >= 4 is 0 Å². The van der Waals surface area contributed by atoms with Crippen molar-refractivity contribution in [2.24, 2.45) is 5.73 Å². The lowest BCUT2D eigenvalue weighted by molar-refractivity contribution is 0.199. The van der Waals surface area contributed by atoms with Crippen molar-refractivity contribution in [2.45, 2.75) is 32.5 Å². The third-order valence-corrected chi connectivity index (χ3v) is 2.07. The molecular weight excluding hydrogens is 195 g/mol. The normalized spacial score (nSPS) is 15.1. The van der Waals surface area contributed by atoms with Crippen LogP contribution in [-0.4, -0.2) is 17.6 Å². The molecule has 4 heteroatoms. The zero-order valence-corrected chi connectivity index (χ0v) is 9.33. The molecule has 0 aliphatic heterocycles. The molecule has 1 atom stereocenters. The first kappa shape index (κ1) is 11.9. The van der Waals surface area contributed by atoms with Gasteiger partial charge in [-0.1, -0.05) is 0 Å². The highest BCUT2D eigenvalue weighted by Crippen LogP contribution is 2.26. The molecule has 1 aromatic rings. The van der Waals surface area contributed by atoms with E-state index < -0.39 is 5.67 Å². The molecule has 84 valence electrons. The zero-order chi connectivity index (χ0) is 11.5. The van der Waals surface area contributed by atoms with Gasteiger partial charge in [-0.2, -0.15) is 0 Å². The molecule has 0 fully saturated rings. The van der Waals surface area contributed by atoms with Gasteiger partial charge in [0.1, 0.15) is 11.4 Å². The second-order valence-electron chi connectivity index (χ2n) is 3.98. The van der Waals surface area contributed by atoms with E-state index in [9.17, 15) is 4.39 Å². The van der Waals surface area contributed by atoms with E-state index in [1.165, 1.54) is 13.1 Å². The highest BCUT2D eigenvalue weighted by atomic mass is 19.1. The maximum absolute atomic E-state index is 13.8. The molecule has 15 heavy (non-hydrogen) atoms. The van der Waals surface area contributed by atoms with Gasteiger partial charge in [0, 0.05) is 18.3 Å². The van der Waals surface area contributed by atoms with Crippen molar-refractivity contribution in [3.05, 3.63) is 24.0 Å². The molecule has 0 aliphatic carbocycles. The van der Waals surface area contributed by atoms with Gasteiger partial charge in [-0.15, -0.1) is 0 Å². The van der Waals surface area contributed by atoms with Crippen molar-refractivity contribution in [1.82, 2.24) is 4.98 Å². The Morgan fingerprint density at radius 3 is 2.73 bits per heavy atom. The lowest BCUT2D eigenvalue weighted by Gasteiger charge is -2.19. The van der Waals surface area contributed by atoms with Crippen molar-refractivity contribution in [3.8, 4) is 5.75 Å². The molecule has 0 saturated carbocycles. The van der Waals surface area contributed by atoms with Crippen LogP contribution in [0.2, 0.25) is 0 Å². The molecule has 1 unspecified atom stereocenters. The fourth-order valence-corrected chi connectivity index (χ4v) is 1.16. The molecule has 0 spiro atoms. The Labute approximate surface area is 89.5 Å². The number of ether oxygens (including phenoxy) is 1. The molecule has 3 nitrogen and oxygen atoms in total. The van der Waals surface area contributed by atoms with Crippen molar-refractivity contribution < 1.29 is 9.13 Å². The number of rotatable bonds is 4. The number of nitrogens with zero attached hydrogens (tertiary/aromatic N) is 1. The number of hydrogen-bond donors (Lipinski definition) is 1. The summed E-state index contributed by atoms with van der Waals surface area (Å²) in [6.07, 6.45) is 3.08. The van der Waals surface area contributed by atoms with Gasteiger partial charge in [-0.25, -0.2) is 4.39 Å². The number of nitrogens with two attached hydrogens (primary N) is 1. The van der Waals surface area contributed by atoms with Gasteiger partial charge in [-0.05, 0) is 26.8 Å². The molecule has 0 aromatic carbocycles. The second-order valence-corrected chi connectivity index (χ2v) is 3.98. The summed E-state index contributed by atoms with van der Waals surface area (Å²) in [6, 6.07) is 1.64. The van der Waals surface area contributed by atoms with Crippen LogP contribution in [0.25, 0.3) is 0 Å². The lowest BCUT2D eigenvalue weighted by atomic mass is 10.0. The molecule has 1 heterocycles. The van der Waals surface area contributed by atoms with E-state index in [4.69, 9.17) is 10.5 Å². The van der Waals surface area contributed by atoms with Crippen LogP contribution >= 0.6 is 0 Å². The average molecular weight is 212 g/mol. The third-order valence-electron chi connectivity index (χ3n) is 2.07. The Morgan fingerprint density at radius 1 is 1.53 bits per heavy atom. The molecule has 0 amide bonds. The van der Waals surface area contributed by atoms with Crippen LogP contribution in [0.1, 0.15) is 26.3 Å². The van der Waals surface area contributed by atoms with Gasteiger partial charge in [0.05, 0.1) is 12.3 Å². The fourth-order valence-electron chi connectivity index (χ4n) is 1.16. The van der Waals surface area contributed by atoms with Gasteiger partial charge in [-0.3, -0.25) is 4.98 Å². The van der Waals surface area contributed by atoms with Gasteiger partial charge in [0.25, 0.3) is 0 Å². The number of alkyl halides is 1. The number of pyridine rings is 1. The quantitative estimate of drug-likeness (QED) is 0.830. The van der Waals surface area contributed by atoms with Crippen LogP contribution in [0.3, 0.4) is 0 Å². The van der Waals surface area contributed by atoms with Crippen molar-refractivity contribution in [2.75, 3.05) is 6.54 Å². The van der Waals surface area contributed by atoms with Gasteiger partial charge in [0.2, 0.25) is 0 Å². The molecule has 0 bridgehead atoms. The van der Waals surface area contributed by atoms with Crippen LogP contribution in [0.15, 0.2) is 18.5 Å². The van der Waals surface area contributed by atoms with E-state index in [1.54, 1.807) is 12.3 Å². The van der Waals surface area contributed by atoms with E-state index in [-0.39, 0.29) is 12.6 Å². The highest BCUT2D eigenvalue weighted by molar-refractivity contribution is 5.28. The SMILES string of the molecule is CC(C)Oc1cncc(C(C)(F)CN)c1. The fraction of sp³-hybridized carbons (Fsp3) is 0.545. The predicted octanol–water partition coefficient (Wildman–Crippen LogP) is 2.01. The van der Waals surface area contributed by atoms with Crippen molar-refractivity contribution in [1.29, 1.82) is 0 Å². The maximum Gasteiger partial charge on any atom is 0.146 e. The molecular formula is C11H17FN2O. The van der Waals surface area contributed by atoms with Gasteiger partial charge < -0.3 is 10.5 Å². The number of hydrogen-bond acceptors (Lipinski definition) is 3. The first-order valence-corrected chi connectivity index (χ1v) is 4.97. The highest BCUT2D eigenvalue weighted by Gasteiger charge is 2.24. The largest absolute Gasteiger partial charge is 0.489 e. The number of halogens is 1. The zero-order valence-electron chi connectivity index (χ0n) is 9.33. The smallest absolute Gasteiger partial charge is 0.146 e. The predicted molar refractivity (Wildman–Crippen MR) is 57.5 cm³/mol. The summed E-state index contributed by atoms with van der Waals surface area (Å²) < 4.78 is 19.3. The Morgan fingerprint density at radius 2 is 2.20 bits per heavy atom. The Kier molecular flexibility index (Phi) is 3.63. The third kappa shape index (κ3) is 3.16. The van der Waals surface area contributed by atoms with Crippen LogP contribution in [0.4, 0.5) is 4.39 Å². The van der Waals surface area contributed by atoms with Crippen LogP contribution < -0.4 is 10.5 Å². The van der Waals surface area contributed by atoms with Crippen LogP contribution in [0, 0.1) is 0 Å². The van der Waals surface area contributed by atoms with E-state index in [2.05, 4.69) is 4.98 Å². The minimum absolute atomic E-state index is 0.0470. The van der Waals surface area contributed by atoms with Gasteiger partial charge >= 0.3 is 0 Å². The second kappa shape index (κ2) is 4.57. The minimum atomic E-state index is -1.55. The summed E-state index contributed by atoms with van der Waals surface area (Å²) in [4.78, 5) is 3.93. The van der Waals surface area contributed by atoms with E-state index in [0.717, 1.165) is 0 Å². The number of aromatic nitrogens is 1. The van der Waals surface area contributed by atoms with E-state index >= 15 is 0 Å². The summed E-state index contributed by atoms with van der Waals surface area (Å²) in [5, 5.41) is 0. The molecule has 0 aliphatic rings. The Hall–Kier alpha value is -1.16. The van der Waals surface area contributed by atoms with Crippen LogP contribution in [-0.2, 0) is 5.67 Å². The molecule has 2 N–H and O–H groups in total. The first-order valence-electron chi connectivity index (χ1n) is 4.97. The van der Waals surface area contributed by atoms with Crippen molar-refractivity contribution in [3.63, 3.8) is 0 Å². The molecule has 0 saturated heterocycles. The average Bonchev–Trinajstić information content (AvgIpc) is 2.17. The standard InChI is InChI=1S/C11H17FN2O/c1-8(2)15-10-4-9(5-14-6-10)11(3,12)7-13/h4-6,8H,7,13H2,1-3H3. The molecule has 0 radical (unpaired) electrons. The monoisotopic (exact) mass is 212 g/mol. The topological polar surface area (TPSA) is 48.1 Å². The maximum atomic E-state index is 13.8. The summed E-state index contributed by atoms with van der Waals surface area (Å²) in [7, 11) is 0.